The van der Waals surface area contributed by atoms with Crippen molar-refractivity contribution in [3.63, 3.8) is 0 Å². The zero-order valence-electron chi connectivity index (χ0n) is 11.0. The van der Waals surface area contributed by atoms with Crippen LogP contribution in [0.15, 0.2) is 6.20 Å². The number of ether oxygens (including phenoxy) is 1. The van der Waals surface area contributed by atoms with Gasteiger partial charge in [0.15, 0.2) is 0 Å². The second kappa shape index (κ2) is 4.24. The van der Waals surface area contributed by atoms with Crippen LogP contribution < -0.4 is 5.73 Å². The van der Waals surface area contributed by atoms with Gasteiger partial charge in [0.05, 0.1) is 11.2 Å². The Morgan fingerprint density at radius 1 is 1.37 bits per heavy atom. The van der Waals surface area contributed by atoms with Gasteiger partial charge in [0.25, 0.3) is 5.92 Å². The molecule has 0 amide bonds. The molecule has 2 fully saturated rings. The summed E-state index contributed by atoms with van der Waals surface area (Å²) in [7, 11) is 1.81. The van der Waals surface area contributed by atoms with E-state index in [4.69, 9.17) is 10.5 Å². The lowest BCUT2D eigenvalue weighted by molar-refractivity contribution is -0.125. The number of aryl methyl sites for hydroxylation is 1. The van der Waals surface area contributed by atoms with E-state index in [0.717, 1.165) is 24.1 Å². The van der Waals surface area contributed by atoms with Gasteiger partial charge < -0.3 is 10.5 Å². The minimum atomic E-state index is -2.63. The summed E-state index contributed by atoms with van der Waals surface area (Å²) in [6.07, 6.45) is 3.02. The van der Waals surface area contributed by atoms with Crippen LogP contribution in [0.4, 0.5) is 8.78 Å². The molecule has 2 heterocycles. The Bertz CT molecular complexity index is 472. The zero-order chi connectivity index (χ0) is 13.7. The van der Waals surface area contributed by atoms with Crippen molar-refractivity contribution >= 4 is 0 Å². The SMILES string of the molecule is Cn1cc(C2(N)CC(F)(F)C2)c(C2CCOCC2)n1. The second-order valence-electron chi connectivity index (χ2n) is 5.85. The molecule has 2 aliphatic rings. The number of aromatic nitrogens is 2. The summed E-state index contributed by atoms with van der Waals surface area (Å²) in [5.74, 6) is -2.35. The highest BCUT2D eigenvalue weighted by Gasteiger charge is 2.56. The third kappa shape index (κ3) is 2.27. The van der Waals surface area contributed by atoms with Crippen molar-refractivity contribution < 1.29 is 13.5 Å². The third-order valence-corrected chi connectivity index (χ3v) is 4.15. The van der Waals surface area contributed by atoms with Gasteiger partial charge in [-0.15, -0.1) is 0 Å². The first kappa shape index (κ1) is 13.0. The number of hydrogen-bond donors (Lipinski definition) is 1. The van der Waals surface area contributed by atoms with E-state index in [9.17, 15) is 8.78 Å². The van der Waals surface area contributed by atoms with Crippen LogP contribution in [0.1, 0.15) is 42.9 Å². The van der Waals surface area contributed by atoms with E-state index < -0.39 is 11.5 Å². The van der Waals surface area contributed by atoms with Gasteiger partial charge in [0.2, 0.25) is 0 Å². The average molecular weight is 271 g/mol. The Hall–Kier alpha value is -1.01. The molecule has 0 atom stereocenters. The van der Waals surface area contributed by atoms with E-state index in [-0.39, 0.29) is 18.8 Å². The predicted molar refractivity (Wildman–Crippen MR) is 66.0 cm³/mol. The Morgan fingerprint density at radius 3 is 2.58 bits per heavy atom. The molecule has 1 saturated heterocycles. The van der Waals surface area contributed by atoms with Crippen LogP contribution in [0.5, 0.6) is 0 Å². The van der Waals surface area contributed by atoms with Gasteiger partial charge in [0.1, 0.15) is 0 Å². The monoisotopic (exact) mass is 271 g/mol. The van der Waals surface area contributed by atoms with E-state index >= 15 is 0 Å². The Balaban J connectivity index is 1.89. The lowest BCUT2D eigenvalue weighted by Gasteiger charge is -2.45. The molecule has 0 radical (unpaired) electrons. The van der Waals surface area contributed by atoms with Crippen LogP contribution in [0.25, 0.3) is 0 Å². The molecule has 1 aliphatic heterocycles. The van der Waals surface area contributed by atoms with Gasteiger partial charge in [-0.05, 0) is 12.8 Å². The number of nitrogens with two attached hydrogens (primary N) is 1. The second-order valence-corrected chi connectivity index (χ2v) is 5.85. The standard InChI is InChI=1S/C13H19F2N3O/c1-18-6-10(12(16)7-13(14,15)8-12)11(17-18)9-2-4-19-5-3-9/h6,9H,2-5,7-8,16H2,1H3. The molecule has 106 valence electrons. The molecular formula is C13H19F2N3O. The van der Waals surface area contributed by atoms with Crippen molar-refractivity contribution in [2.75, 3.05) is 13.2 Å². The Labute approximate surface area is 110 Å². The fourth-order valence-electron chi connectivity index (χ4n) is 3.22. The van der Waals surface area contributed by atoms with E-state index in [1.807, 2.05) is 7.05 Å². The van der Waals surface area contributed by atoms with Crippen LogP contribution in [0.2, 0.25) is 0 Å². The smallest absolute Gasteiger partial charge is 0.252 e. The summed E-state index contributed by atoms with van der Waals surface area (Å²) in [4.78, 5) is 0. The molecule has 0 spiro atoms. The summed E-state index contributed by atoms with van der Waals surface area (Å²) < 4.78 is 33.4. The van der Waals surface area contributed by atoms with E-state index in [0.29, 0.717) is 13.2 Å². The van der Waals surface area contributed by atoms with Crippen molar-refractivity contribution in [2.24, 2.45) is 12.8 Å². The number of nitrogens with zero attached hydrogens (tertiary/aromatic N) is 2. The molecule has 6 heteroatoms. The van der Waals surface area contributed by atoms with Gasteiger partial charge >= 0.3 is 0 Å². The van der Waals surface area contributed by atoms with Gasteiger partial charge in [-0.2, -0.15) is 5.10 Å². The number of hydrogen-bond acceptors (Lipinski definition) is 3. The van der Waals surface area contributed by atoms with E-state index in [2.05, 4.69) is 5.10 Å². The van der Waals surface area contributed by atoms with Crippen LogP contribution in [-0.4, -0.2) is 28.9 Å². The molecule has 4 nitrogen and oxygen atoms in total. The average Bonchev–Trinajstić information content (AvgIpc) is 2.70. The maximum Gasteiger partial charge on any atom is 0.252 e. The van der Waals surface area contributed by atoms with Crippen LogP contribution >= 0.6 is 0 Å². The molecule has 0 bridgehead atoms. The number of alkyl halides is 2. The van der Waals surface area contributed by atoms with Crippen molar-refractivity contribution in [3.8, 4) is 0 Å². The molecular weight excluding hydrogens is 252 g/mol. The first-order chi connectivity index (χ1) is 8.90. The topological polar surface area (TPSA) is 53.1 Å². The highest BCUT2D eigenvalue weighted by atomic mass is 19.3. The van der Waals surface area contributed by atoms with Crippen molar-refractivity contribution in [2.45, 2.75) is 43.1 Å². The Kier molecular flexibility index (Phi) is 2.90. The summed E-state index contributed by atoms with van der Waals surface area (Å²) in [5.41, 5.74) is 6.94. The summed E-state index contributed by atoms with van der Waals surface area (Å²) in [6.45, 7) is 1.41. The molecule has 3 rings (SSSR count). The minimum Gasteiger partial charge on any atom is -0.381 e. The maximum atomic E-state index is 13.2. The van der Waals surface area contributed by atoms with Gasteiger partial charge in [-0.1, -0.05) is 0 Å². The quantitative estimate of drug-likeness (QED) is 0.893. The molecule has 1 saturated carbocycles. The van der Waals surface area contributed by atoms with Crippen LogP contribution in [0.3, 0.4) is 0 Å². The van der Waals surface area contributed by atoms with Crippen LogP contribution in [0, 0.1) is 0 Å². The Morgan fingerprint density at radius 2 is 2.00 bits per heavy atom. The highest BCUT2D eigenvalue weighted by molar-refractivity contribution is 5.33. The minimum absolute atomic E-state index is 0.276. The molecule has 19 heavy (non-hydrogen) atoms. The van der Waals surface area contributed by atoms with E-state index in [1.54, 1.807) is 10.9 Å². The lowest BCUT2D eigenvalue weighted by atomic mass is 9.68. The largest absolute Gasteiger partial charge is 0.381 e. The molecule has 1 aliphatic carbocycles. The highest BCUT2D eigenvalue weighted by Crippen LogP contribution is 2.51. The van der Waals surface area contributed by atoms with Crippen molar-refractivity contribution in [3.05, 3.63) is 17.5 Å². The first-order valence-electron chi connectivity index (χ1n) is 6.68. The molecule has 0 unspecified atom stereocenters. The lowest BCUT2D eigenvalue weighted by Crippen LogP contribution is -2.55. The molecule has 1 aromatic rings. The molecule has 1 aromatic heterocycles. The zero-order valence-corrected chi connectivity index (χ0v) is 11.0. The number of rotatable bonds is 2. The van der Waals surface area contributed by atoms with Crippen molar-refractivity contribution in [1.82, 2.24) is 9.78 Å². The fourth-order valence-corrected chi connectivity index (χ4v) is 3.22. The van der Waals surface area contributed by atoms with E-state index in [1.165, 1.54) is 0 Å². The van der Waals surface area contributed by atoms with Crippen LogP contribution in [-0.2, 0) is 17.3 Å². The normalized spacial score (nSPS) is 26.1. The van der Waals surface area contributed by atoms with Gasteiger partial charge in [-0.3, -0.25) is 4.68 Å². The van der Waals surface area contributed by atoms with Gasteiger partial charge in [0, 0.05) is 50.8 Å². The summed E-state index contributed by atoms with van der Waals surface area (Å²) in [6, 6.07) is 0. The summed E-state index contributed by atoms with van der Waals surface area (Å²) >= 11 is 0. The summed E-state index contributed by atoms with van der Waals surface area (Å²) in [5, 5.41) is 4.47. The fraction of sp³-hybridized carbons (Fsp3) is 0.769. The number of halogens is 2. The van der Waals surface area contributed by atoms with Crippen molar-refractivity contribution in [1.29, 1.82) is 0 Å². The molecule has 2 N–H and O–H groups in total. The maximum absolute atomic E-state index is 13.2. The molecule has 0 aromatic carbocycles. The first-order valence-corrected chi connectivity index (χ1v) is 6.68. The van der Waals surface area contributed by atoms with Gasteiger partial charge in [-0.25, -0.2) is 8.78 Å². The predicted octanol–water partition coefficient (Wildman–Crippen LogP) is 1.90. The third-order valence-electron chi connectivity index (χ3n) is 4.15.